The highest BCUT2D eigenvalue weighted by Gasteiger charge is 2.29. The molecule has 196 valence electrons. The van der Waals surface area contributed by atoms with E-state index in [4.69, 9.17) is 15.2 Å². The minimum atomic E-state index is -0.709. The van der Waals surface area contributed by atoms with Crippen molar-refractivity contribution >= 4 is 23.5 Å². The third kappa shape index (κ3) is 6.34. The second kappa shape index (κ2) is 13.1. The summed E-state index contributed by atoms with van der Waals surface area (Å²) in [4.78, 5) is 21.7. The summed E-state index contributed by atoms with van der Waals surface area (Å²) < 4.78 is 4.95. The lowest BCUT2D eigenvalue weighted by Gasteiger charge is -2.36. The van der Waals surface area contributed by atoms with E-state index >= 15 is 0 Å². The number of carbonyl (C=O) groups is 1. The summed E-state index contributed by atoms with van der Waals surface area (Å²) in [6.07, 6.45) is 5.04. The Bertz CT molecular complexity index is 1310. The number of nitrogens with two attached hydrogens (primary N) is 1. The van der Waals surface area contributed by atoms with Gasteiger partial charge >= 0.3 is 0 Å². The smallest absolute Gasteiger partial charge is 0.235 e. The normalized spacial score (nSPS) is 14.6. The zero-order valence-electron chi connectivity index (χ0n) is 21.5. The van der Waals surface area contributed by atoms with E-state index in [1.54, 1.807) is 6.26 Å². The minimum Gasteiger partial charge on any atom is -0.368 e. The van der Waals surface area contributed by atoms with E-state index in [9.17, 15) is 15.3 Å². The maximum Gasteiger partial charge on any atom is 0.235 e. The number of nitrogens with zero attached hydrogens (tertiary/aromatic N) is 6. The van der Waals surface area contributed by atoms with Gasteiger partial charge in [-0.1, -0.05) is 67.0 Å². The monoisotopic (exact) mass is 529 g/mol. The number of unbranched alkanes of at least 4 members (excludes halogenated alkanes) is 2. The van der Waals surface area contributed by atoms with E-state index < -0.39 is 11.2 Å². The summed E-state index contributed by atoms with van der Waals surface area (Å²) in [5.41, 5.74) is 8.94. The zero-order chi connectivity index (χ0) is 26.9. The molecule has 0 spiro atoms. The summed E-state index contributed by atoms with van der Waals surface area (Å²) in [6.45, 7) is 5.67. The van der Waals surface area contributed by atoms with Gasteiger partial charge in [0.2, 0.25) is 5.91 Å². The molecule has 3 heterocycles. The Labute approximate surface area is 227 Å². The van der Waals surface area contributed by atoms with Gasteiger partial charge in [0.25, 0.3) is 0 Å². The average molecular weight is 530 g/mol. The molecule has 0 saturated carbocycles. The molecule has 0 radical (unpaired) electrons. The lowest BCUT2D eigenvalue weighted by molar-refractivity contribution is -0.117. The molecule has 1 aliphatic heterocycles. The fourth-order valence-corrected chi connectivity index (χ4v) is 5.70. The zero-order valence-corrected chi connectivity index (χ0v) is 22.3. The van der Waals surface area contributed by atoms with Crippen molar-refractivity contribution in [1.82, 2.24) is 15.0 Å². The molecule has 2 aromatic heterocycles. The fourth-order valence-electron chi connectivity index (χ4n) is 4.64. The second-order valence-electron chi connectivity index (χ2n) is 9.21. The highest BCUT2D eigenvalue weighted by atomic mass is 32.2. The van der Waals surface area contributed by atoms with Gasteiger partial charge < -0.3 is 15.2 Å². The Morgan fingerprint density at radius 1 is 1.11 bits per heavy atom. The number of nitriles is 2. The second-order valence-corrected chi connectivity index (χ2v) is 10.3. The summed E-state index contributed by atoms with van der Waals surface area (Å²) in [5, 5.41) is 24.2. The molecule has 10 heteroatoms. The summed E-state index contributed by atoms with van der Waals surface area (Å²) in [5.74, 6) is 0.0599. The van der Waals surface area contributed by atoms with Crippen LogP contribution in [0.25, 0.3) is 0 Å². The predicted octanol–water partition coefficient (Wildman–Crippen LogP) is 4.19. The van der Waals surface area contributed by atoms with Crippen molar-refractivity contribution < 1.29 is 9.32 Å². The van der Waals surface area contributed by atoms with Crippen LogP contribution >= 0.6 is 11.8 Å². The largest absolute Gasteiger partial charge is 0.368 e. The number of carbonyl (C=O) groups excluding carboxylic acids is 1. The molecule has 0 bridgehead atoms. The van der Waals surface area contributed by atoms with Gasteiger partial charge in [0.15, 0.2) is 0 Å². The first-order chi connectivity index (χ1) is 18.5. The van der Waals surface area contributed by atoms with Crippen LogP contribution in [0.15, 0.2) is 52.2 Å². The molecule has 1 aromatic carbocycles. The van der Waals surface area contributed by atoms with Gasteiger partial charge in [-0.25, -0.2) is 4.98 Å². The van der Waals surface area contributed by atoms with Crippen molar-refractivity contribution in [2.45, 2.75) is 49.4 Å². The van der Waals surface area contributed by atoms with Gasteiger partial charge in [0.1, 0.15) is 34.5 Å². The Hall–Kier alpha value is -3.86. The van der Waals surface area contributed by atoms with Crippen LogP contribution in [-0.2, 0) is 17.8 Å². The molecule has 2 N–H and O–H groups in total. The van der Waals surface area contributed by atoms with Gasteiger partial charge in [0.05, 0.1) is 16.8 Å². The van der Waals surface area contributed by atoms with Gasteiger partial charge in [0, 0.05) is 38.8 Å². The van der Waals surface area contributed by atoms with Crippen LogP contribution in [0.1, 0.15) is 59.4 Å². The van der Waals surface area contributed by atoms with Gasteiger partial charge in [-0.05, 0) is 24.0 Å². The van der Waals surface area contributed by atoms with Crippen LogP contribution in [-0.4, -0.2) is 47.1 Å². The number of amides is 1. The fraction of sp³-hybridized carbons (Fsp3) is 0.393. The van der Waals surface area contributed by atoms with Crippen LogP contribution in [0.5, 0.6) is 0 Å². The van der Waals surface area contributed by atoms with Gasteiger partial charge in [-0.15, -0.1) is 0 Å². The quantitative estimate of drug-likeness (QED) is 0.286. The molecule has 1 saturated heterocycles. The molecule has 3 aromatic rings. The molecule has 0 aliphatic carbocycles. The number of rotatable bonds is 11. The molecule has 1 unspecified atom stereocenters. The van der Waals surface area contributed by atoms with Crippen molar-refractivity contribution in [3.05, 3.63) is 70.6 Å². The standard InChI is InChI=1S/C28H31N7O2S/c1-2-3-5-10-22-23(17-29)27(35-14-12-34(13-15-35)19-21-11-16-37-33-21)32-28(24(22)18-30)38-25(26(31)36)20-8-6-4-7-9-20/h4,6-9,11,16,25H,2-3,5,10,12-15,19H2,1H3,(H2,31,36). The van der Waals surface area contributed by atoms with Gasteiger partial charge in [-0.2, -0.15) is 10.5 Å². The average Bonchev–Trinajstić information content (AvgIpc) is 3.45. The van der Waals surface area contributed by atoms with Crippen LogP contribution in [0.3, 0.4) is 0 Å². The van der Waals surface area contributed by atoms with Gasteiger partial charge in [-0.3, -0.25) is 9.69 Å². The number of benzene rings is 1. The van der Waals surface area contributed by atoms with E-state index in [2.05, 4.69) is 34.0 Å². The Kier molecular flexibility index (Phi) is 9.36. The number of aromatic nitrogens is 2. The first-order valence-corrected chi connectivity index (χ1v) is 13.7. The van der Waals surface area contributed by atoms with Crippen LogP contribution < -0.4 is 10.6 Å². The first-order valence-electron chi connectivity index (χ1n) is 12.8. The number of pyridine rings is 1. The van der Waals surface area contributed by atoms with E-state index in [1.165, 1.54) is 11.8 Å². The molecular weight excluding hydrogens is 498 g/mol. The topological polar surface area (TPSA) is 136 Å². The van der Waals surface area contributed by atoms with E-state index in [0.717, 1.165) is 43.6 Å². The molecular formula is C28H31N7O2S. The molecule has 1 atom stereocenters. The number of primary amides is 1. The summed E-state index contributed by atoms with van der Waals surface area (Å²) in [7, 11) is 0. The molecule has 9 nitrogen and oxygen atoms in total. The Balaban J connectivity index is 1.69. The molecule has 1 aliphatic rings. The number of hydrogen-bond acceptors (Lipinski definition) is 9. The highest BCUT2D eigenvalue weighted by Crippen LogP contribution is 2.40. The molecule has 1 amide bonds. The van der Waals surface area contributed by atoms with E-state index in [1.807, 2.05) is 36.4 Å². The van der Waals surface area contributed by atoms with Crippen LogP contribution in [0.2, 0.25) is 0 Å². The Morgan fingerprint density at radius 3 is 2.45 bits per heavy atom. The summed E-state index contributed by atoms with van der Waals surface area (Å²) in [6, 6.07) is 15.8. The number of hydrogen-bond donors (Lipinski definition) is 1. The predicted molar refractivity (Wildman–Crippen MR) is 145 cm³/mol. The van der Waals surface area contributed by atoms with Crippen LogP contribution in [0.4, 0.5) is 5.82 Å². The molecule has 4 rings (SSSR count). The van der Waals surface area contributed by atoms with Crippen LogP contribution in [0, 0.1) is 22.7 Å². The maximum atomic E-state index is 12.5. The maximum absolute atomic E-state index is 12.5. The van der Waals surface area contributed by atoms with Crippen molar-refractivity contribution in [1.29, 1.82) is 10.5 Å². The van der Waals surface area contributed by atoms with Crippen molar-refractivity contribution in [3.8, 4) is 12.1 Å². The van der Waals surface area contributed by atoms with Crippen molar-refractivity contribution in [3.63, 3.8) is 0 Å². The van der Waals surface area contributed by atoms with Crippen molar-refractivity contribution in [2.75, 3.05) is 31.1 Å². The summed E-state index contributed by atoms with van der Waals surface area (Å²) >= 11 is 1.18. The number of thioether (sulfide) groups is 1. The third-order valence-electron chi connectivity index (χ3n) is 6.64. The number of anilines is 1. The van der Waals surface area contributed by atoms with Crippen molar-refractivity contribution in [2.24, 2.45) is 5.73 Å². The number of piperazine rings is 1. The van der Waals surface area contributed by atoms with E-state index in [-0.39, 0.29) is 0 Å². The lowest BCUT2D eigenvalue weighted by Crippen LogP contribution is -2.46. The lowest BCUT2D eigenvalue weighted by atomic mass is 9.98. The van der Waals surface area contributed by atoms with E-state index in [0.29, 0.717) is 53.6 Å². The molecule has 38 heavy (non-hydrogen) atoms. The SMILES string of the molecule is CCCCCc1c(C#N)c(SC(C(N)=O)c2ccccc2)nc(N2CCN(Cc3ccon3)CC2)c1C#N. The third-order valence-corrected chi connectivity index (χ3v) is 7.90. The highest BCUT2D eigenvalue weighted by molar-refractivity contribution is 8.00. The minimum absolute atomic E-state index is 0.359. The molecule has 1 fully saturated rings. The Morgan fingerprint density at radius 2 is 1.84 bits per heavy atom. The first kappa shape index (κ1) is 27.2.